The van der Waals surface area contributed by atoms with E-state index in [1.807, 2.05) is 25.1 Å². The Bertz CT molecular complexity index is 345. The number of rotatable bonds is 2. The van der Waals surface area contributed by atoms with Crippen molar-refractivity contribution in [3.63, 3.8) is 0 Å². The summed E-state index contributed by atoms with van der Waals surface area (Å²) in [7, 11) is 0. The molecule has 0 radical (unpaired) electrons. The molecule has 1 aromatic rings. The lowest BCUT2D eigenvalue weighted by atomic mass is 10.1. The molecule has 0 aliphatic rings. The van der Waals surface area contributed by atoms with Crippen LogP contribution in [0.2, 0.25) is 0 Å². The van der Waals surface area contributed by atoms with E-state index in [1.54, 1.807) is 6.07 Å². The lowest BCUT2D eigenvalue weighted by Crippen LogP contribution is -2.04. The van der Waals surface area contributed by atoms with Crippen molar-refractivity contribution < 1.29 is 10.4 Å². The third-order valence-corrected chi connectivity index (χ3v) is 1.71. The molecule has 0 saturated heterocycles. The van der Waals surface area contributed by atoms with Crippen LogP contribution >= 0.6 is 0 Å². The van der Waals surface area contributed by atoms with E-state index < -0.39 is 0 Å². The number of hydrogen-bond acceptors (Lipinski definition) is 4. The van der Waals surface area contributed by atoms with Gasteiger partial charge >= 0.3 is 0 Å². The van der Waals surface area contributed by atoms with E-state index in [2.05, 4.69) is 10.3 Å². The summed E-state index contributed by atoms with van der Waals surface area (Å²) < 4.78 is 0. The van der Waals surface area contributed by atoms with Crippen LogP contribution in [0.25, 0.3) is 0 Å². The van der Waals surface area contributed by atoms with Crippen molar-refractivity contribution in [2.75, 3.05) is 0 Å². The fraction of sp³-hybridized carbons (Fsp3) is 0.111. The zero-order valence-electron chi connectivity index (χ0n) is 7.18. The molecule has 1 rings (SSSR count). The molecule has 4 nitrogen and oxygen atoms in total. The molecular weight excluding hydrogens is 168 g/mol. The van der Waals surface area contributed by atoms with Crippen molar-refractivity contribution in [3.05, 3.63) is 35.4 Å². The minimum Gasteiger partial charge on any atom is -0.411 e. The third-order valence-electron chi connectivity index (χ3n) is 1.71. The van der Waals surface area contributed by atoms with Crippen molar-refractivity contribution in [1.82, 2.24) is 0 Å². The molecule has 0 heterocycles. The first-order valence-corrected chi connectivity index (χ1v) is 3.75. The first-order valence-electron chi connectivity index (χ1n) is 3.75. The van der Waals surface area contributed by atoms with Crippen LogP contribution in [0.4, 0.5) is 0 Å². The Morgan fingerprint density at radius 2 is 2.00 bits per heavy atom. The first-order chi connectivity index (χ1) is 6.29. The SMILES string of the molecule is Cc1ccccc1C(/C=N\O)=N/O. The van der Waals surface area contributed by atoms with Gasteiger partial charge in [0.05, 0.1) is 6.21 Å². The highest BCUT2D eigenvalue weighted by Crippen LogP contribution is 2.07. The molecule has 0 bridgehead atoms. The van der Waals surface area contributed by atoms with Crippen LogP contribution in [0.3, 0.4) is 0 Å². The Kier molecular flexibility index (Phi) is 3.03. The number of oxime groups is 2. The maximum atomic E-state index is 8.62. The molecule has 1 aromatic carbocycles. The van der Waals surface area contributed by atoms with Gasteiger partial charge in [-0.05, 0) is 12.5 Å². The molecule has 0 saturated carbocycles. The number of aryl methyl sites for hydroxylation is 1. The average Bonchev–Trinajstić information content (AvgIpc) is 2.16. The highest BCUT2D eigenvalue weighted by Gasteiger charge is 2.03. The topological polar surface area (TPSA) is 65.2 Å². The molecule has 0 aromatic heterocycles. The summed E-state index contributed by atoms with van der Waals surface area (Å²) in [4.78, 5) is 0. The Hall–Kier alpha value is -1.84. The van der Waals surface area contributed by atoms with Gasteiger partial charge in [-0.15, -0.1) is 0 Å². The van der Waals surface area contributed by atoms with Crippen molar-refractivity contribution in [2.24, 2.45) is 10.3 Å². The second kappa shape index (κ2) is 4.25. The zero-order valence-corrected chi connectivity index (χ0v) is 7.18. The molecule has 0 amide bonds. The monoisotopic (exact) mass is 178 g/mol. The molecule has 0 spiro atoms. The van der Waals surface area contributed by atoms with Gasteiger partial charge in [-0.2, -0.15) is 0 Å². The van der Waals surface area contributed by atoms with Crippen molar-refractivity contribution >= 4 is 11.9 Å². The van der Waals surface area contributed by atoms with Crippen LogP contribution in [-0.4, -0.2) is 22.3 Å². The van der Waals surface area contributed by atoms with Crippen LogP contribution in [0.5, 0.6) is 0 Å². The molecule has 0 atom stereocenters. The van der Waals surface area contributed by atoms with Crippen molar-refractivity contribution in [1.29, 1.82) is 0 Å². The summed E-state index contributed by atoms with van der Waals surface area (Å²) in [6.07, 6.45) is 1.09. The average molecular weight is 178 g/mol. The quantitative estimate of drug-likeness (QED) is 0.410. The van der Waals surface area contributed by atoms with E-state index in [0.29, 0.717) is 0 Å². The number of benzene rings is 1. The third kappa shape index (κ3) is 2.05. The van der Waals surface area contributed by atoms with Gasteiger partial charge in [0.15, 0.2) is 0 Å². The van der Waals surface area contributed by atoms with E-state index in [9.17, 15) is 0 Å². The minimum atomic E-state index is 0.237. The highest BCUT2D eigenvalue weighted by molar-refractivity contribution is 6.38. The Labute approximate surface area is 75.8 Å². The van der Waals surface area contributed by atoms with Crippen LogP contribution in [0.1, 0.15) is 11.1 Å². The maximum Gasteiger partial charge on any atom is 0.131 e. The maximum absolute atomic E-state index is 8.62. The molecule has 0 aliphatic carbocycles. The molecular formula is C9H10N2O2. The standard InChI is InChI=1S/C9H10N2O2/c1-7-4-2-3-5-8(7)9(11-13)6-10-12/h2-6,12-13H,1H3/b10-6-,11-9+. The summed E-state index contributed by atoms with van der Waals surface area (Å²) in [5, 5.41) is 22.7. The van der Waals surface area contributed by atoms with Gasteiger partial charge in [-0.3, -0.25) is 0 Å². The van der Waals surface area contributed by atoms with Gasteiger partial charge < -0.3 is 10.4 Å². The summed E-state index contributed by atoms with van der Waals surface area (Å²) in [6, 6.07) is 7.36. The second-order valence-electron chi connectivity index (χ2n) is 2.54. The molecule has 0 fully saturated rings. The lowest BCUT2D eigenvalue weighted by Gasteiger charge is -2.01. The molecule has 4 heteroatoms. The zero-order chi connectivity index (χ0) is 9.68. The van der Waals surface area contributed by atoms with E-state index in [4.69, 9.17) is 10.4 Å². The van der Waals surface area contributed by atoms with Gasteiger partial charge in [0.25, 0.3) is 0 Å². The normalized spacial score (nSPS) is 12.2. The molecule has 0 unspecified atom stereocenters. The molecule has 13 heavy (non-hydrogen) atoms. The van der Waals surface area contributed by atoms with Gasteiger partial charge in [0, 0.05) is 5.56 Å². The fourth-order valence-corrected chi connectivity index (χ4v) is 1.06. The van der Waals surface area contributed by atoms with E-state index >= 15 is 0 Å². The molecule has 0 aliphatic heterocycles. The molecule has 68 valence electrons. The predicted molar refractivity (Wildman–Crippen MR) is 49.8 cm³/mol. The van der Waals surface area contributed by atoms with Gasteiger partial charge in [-0.1, -0.05) is 34.6 Å². The fourth-order valence-electron chi connectivity index (χ4n) is 1.06. The summed E-state index contributed by atoms with van der Waals surface area (Å²) in [6.45, 7) is 1.88. The molecule has 2 N–H and O–H groups in total. The van der Waals surface area contributed by atoms with Gasteiger partial charge in [0.1, 0.15) is 5.71 Å². The van der Waals surface area contributed by atoms with E-state index in [0.717, 1.165) is 17.3 Å². The highest BCUT2D eigenvalue weighted by atomic mass is 16.4. The first kappa shape index (κ1) is 9.25. The summed E-state index contributed by atoms with van der Waals surface area (Å²) in [5.74, 6) is 0. The van der Waals surface area contributed by atoms with Crippen LogP contribution in [0.15, 0.2) is 34.6 Å². The van der Waals surface area contributed by atoms with Crippen LogP contribution < -0.4 is 0 Å². The minimum absolute atomic E-state index is 0.237. The van der Waals surface area contributed by atoms with E-state index in [-0.39, 0.29) is 5.71 Å². The van der Waals surface area contributed by atoms with Crippen LogP contribution in [-0.2, 0) is 0 Å². The smallest absolute Gasteiger partial charge is 0.131 e. The Balaban J connectivity index is 3.13. The second-order valence-corrected chi connectivity index (χ2v) is 2.54. The Morgan fingerprint density at radius 1 is 1.31 bits per heavy atom. The van der Waals surface area contributed by atoms with Crippen LogP contribution in [0, 0.1) is 6.92 Å². The number of nitrogens with zero attached hydrogens (tertiary/aromatic N) is 2. The summed E-state index contributed by atoms with van der Waals surface area (Å²) in [5.41, 5.74) is 1.93. The largest absolute Gasteiger partial charge is 0.411 e. The van der Waals surface area contributed by atoms with Gasteiger partial charge in [-0.25, -0.2) is 0 Å². The number of hydrogen-bond donors (Lipinski definition) is 2. The van der Waals surface area contributed by atoms with Crippen molar-refractivity contribution in [3.8, 4) is 0 Å². The summed E-state index contributed by atoms with van der Waals surface area (Å²) >= 11 is 0. The predicted octanol–water partition coefficient (Wildman–Crippen LogP) is 1.63. The Morgan fingerprint density at radius 3 is 2.54 bits per heavy atom. The van der Waals surface area contributed by atoms with E-state index in [1.165, 1.54) is 0 Å². The van der Waals surface area contributed by atoms with Crippen molar-refractivity contribution in [2.45, 2.75) is 6.92 Å². The van der Waals surface area contributed by atoms with Gasteiger partial charge in [0.2, 0.25) is 0 Å². The lowest BCUT2D eigenvalue weighted by molar-refractivity contribution is 0.316.